The molecular weight excluding hydrogens is 372 g/mol. The minimum Gasteiger partial charge on any atom is -0.368 e. The van der Waals surface area contributed by atoms with E-state index in [2.05, 4.69) is 4.98 Å². The summed E-state index contributed by atoms with van der Waals surface area (Å²) in [5.74, 6) is -0.762. The third-order valence-electron chi connectivity index (χ3n) is 5.34. The highest BCUT2D eigenvalue weighted by atomic mass is 16.5. The van der Waals surface area contributed by atoms with Crippen LogP contribution in [0.15, 0.2) is 39.4 Å². The maximum absolute atomic E-state index is 13.4. The Kier molecular flexibility index (Phi) is 6.00. The fraction of sp³-hybridized carbons (Fsp3) is 0.409. The van der Waals surface area contributed by atoms with Gasteiger partial charge in [-0.2, -0.15) is 0 Å². The number of aromatic amines is 1. The maximum Gasteiger partial charge on any atom is 0.329 e. The summed E-state index contributed by atoms with van der Waals surface area (Å²) in [5, 5.41) is 18.8. The highest BCUT2D eigenvalue weighted by Gasteiger charge is 2.25. The molecule has 2 aromatic rings. The van der Waals surface area contributed by atoms with Crippen molar-refractivity contribution in [3.8, 4) is 0 Å². The normalized spacial score (nSPS) is 16.3. The predicted molar refractivity (Wildman–Crippen MR) is 109 cm³/mol. The van der Waals surface area contributed by atoms with E-state index in [9.17, 15) is 24.6 Å². The number of benzene rings is 1. The number of hydrogen-bond donors (Lipinski definition) is 3. The smallest absolute Gasteiger partial charge is 0.329 e. The van der Waals surface area contributed by atoms with Gasteiger partial charge in [-0.15, -0.1) is 0 Å². The number of aliphatic hydroxyl groups is 2. The summed E-state index contributed by atoms with van der Waals surface area (Å²) < 4.78 is 1.30. The molecule has 7 heteroatoms. The first kappa shape index (κ1) is 21.0. The molecule has 0 spiro atoms. The number of hydrogen-bond acceptors (Lipinski definition) is 5. The van der Waals surface area contributed by atoms with Gasteiger partial charge in [0.05, 0.1) is 0 Å². The third-order valence-corrected chi connectivity index (χ3v) is 5.34. The molecule has 0 fully saturated rings. The van der Waals surface area contributed by atoms with Gasteiger partial charge >= 0.3 is 5.69 Å². The summed E-state index contributed by atoms with van der Waals surface area (Å²) in [4.78, 5) is 40.7. The van der Waals surface area contributed by atoms with E-state index in [0.29, 0.717) is 24.8 Å². The van der Waals surface area contributed by atoms with Crippen LogP contribution in [0.2, 0.25) is 0 Å². The first-order valence-electron chi connectivity index (χ1n) is 9.76. The Balaban J connectivity index is 2.14. The highest BCUT2D eigenvalue weighted by molar-refractivity contribution is 6.09. The second-order valence-electron chi connectivity index (χ2n) is 7.67. The molecule has 0 amide bonds. The van der Waals surface area contributed by atoms with Crippen molar-refractivity contribution in [1.29, 1.82) is 0 Å². The summed E-state index contributed by atoms with van der Waals surface area (Å²) >= 11 is 0. The Labute approximate surface area is 168 Å². The topological polar surface area (TPSA) is 112 Å². The minimum atomic E-state index is -1.46. The van der Waals surface area contributed by atoms with Gasteiger partial charge in [0.25, 0.3) is 5.56 Å². The molecule has 3 rings (SSSR count). The van der Waals surface area contributed by atoms with Gasteiger partial charge < -0.3 is 10.2 Å². The first-order chi connectivity index (χ1) is 13.7. The number of aromatic nitrogens is 2. The van der Waals surface area contributed by atoms with Crippen molar-refractivity contribution in [2.75, 3.05) is 0 Å². The van der Waals surface area contributed by atoms with E-state index in [1.54, 1.807) is 25.1 Å². The van der Waals surface area contributed by atoms with Crippen molar-refractivity contribution in [3.05, 3.63) is 78.6 Å². The van der Waals surface area contributed by atoms with Gasteiger partial charge in [0.2, 0.25) is 5.78 Å². The van der Waals surface area contributed by atoms with Crippen LogP contribution in [0.3, 0.4) is 0 Å². The van der Waals surface area contributed by atoms with Crippen molar-refractivity contribution in [1.82, 2.24) is 9.55 Å². The van der Waals surface area contributed by atoms with E-state index in [0.717, 1.165) is 16.7 Å². The average molecular weight is 398 g/mol. The number of aryl methyl sites for hydroxylation is 2. The van der Waals surface area contributed by atoms with Gasteiger partial charge in [0, 0.05) is 23.6 Å². The molecule has 1 aromatic heterocycles. The molecule has 3 N–H and O–H groups in total. The Morgan fingerprint density at radius 2 is 1.86 bits per heavy atom. The molecule has 1 unspecified atom stereocenters. The maximum atomic E-state index is 13.4. The van der Waals surface area contributed by atoms with E-state index < -0.39 is 23.5 Å². The van der Waals surface area contributed by atoms with Gasteiger partial charge in [-0.05, 0) is 45.2 Å². The van der Waals surface area contributed by atoms with Gasteiger partial charge in [-0.1, -0.05) is 35.8 Å². The Morgan fingerprint density at radius 3 is 2.41 bits per heavy atom. The molecule has 0 saturated heterocycles. The van der Waals surface area contributed by atoms with Crippen molar-refractivity contribution < 1.29 is 15.0 Å². The average Bonchev–Trinajstić information content (AvgIpc) is 3.11. The second kappa shape index (κ2) is 8.31. The van der Waals surface area contributed by atoms with E-state index in [1.807, 2.05) is 19.9 Å². The molecule has 154 valence electrons. The van der Waals surface area contributed by atoms with Crippen molar-refractivity contribution in [3.63, 3.8) is 0 Å². The van der Waals surface area contributed by atoms with Gasteiger partial charge in [0.15, 0.2) is 6.29 Å². The quantitative estimate of drug-likeness (QED) is 0.389. The van der Waals surface area contributed by atoms with Crippen molar-refractivity contribution >= 4 is 5.78 Å². The van der Waals surface area contributed by atoms with Crippen LogP contribution in [0.25, 0.3) is 0 Å². The first-order valence-corrected chi connectivity index (χ1v) is 9.76. The lowest BCUT2D eigenvalue weighted by atomic mass is 9.99. The summed E-state index contributed by atoms with van der Waals surface area (Å²) in [6.07, 6.45) is 1.73. The number of rotatable bonds is 6. The zero-order valence-corrected chi connectivity index (χ0v) is 16.9. The second-order valence-corrected chi connectivity index (χ2v) is 7.67. The van der Waals surface area contributed by atoms with E-state index in [1.165, 1.54) is 4.57 Å². The molecule has 1 aliphatic rings. The molecular formula is C22H26N2O5. The van der Waals surface area contributed by atoms with Crippen LogP contribution in [-0.4, -0.2) is 31.8 Å². The van der Waals surface area contributed by atoms with E-state index >= 15 is 0 Å². The van der Waals surface area contributed by atoms with Crippen LogP contribution in [0.4, 0.5) is 0 Å². The standard InChI is InChI=1S/C22H26N2O5/c1-4-17-18(19(25)16-8-12(2)7-13(3)9-16)24(22(29)23-20(17)26)11-14-5-6-15(10-14)21(27)28/h7-10,15,21,27-28H,4-6,11H2,1-3H3,(H,23,26,29). The molecule has 0 bridgehead atoms. The summed E-state index contributed by atoms with van der Waals surface area (Å²) in [7, 11) is 0. The lowest BCUT2D eigenvalue weighted by molar-refractivity contribution is -0.0696. The number of aliphatic hydroxyl groups excluding tert-OH is 1. The largest absolute Gasteiger partial charge is 0.368 e. The molecule has 29 heavy (non-hydrogen) atoms. The fourth-order valence-corrected chi connectivity index (χ4v) is 3.98. The van der Waals surface area contributed by atoms with Crippen LogP contribution >= 0.6 is 0 Å². The Morgan fingerprint density at radius 1 is 1.21 bits per heavy atom. The third kappa shape index (κ3) is 4.31. The van der Waals surface area contributed by atoms with Crippen LogP contribution in [0.1, 0.15) is 52.5 Å². The van der Waals surface area contributed by atoms with Crippen molar-refractivity contribution in [2.45, 2.75) is 52.9 Å². The Hall–Kier alpha value is -2.77. The van der Waals surface area contributed by atoms with Gasteiger partial charge in [-0.25, -0.2) is 4.79 Å². The summed E-state index contributed by atoms with van der Waals surface area (Å²) in [5.41, 5.74) is 2.27. The number of H-pyrrole nitrogens is 1. The number of ketones is 1. The Bertz CT molecular complexity index is 1070. The molecule has 1 atom stereocenters. The highest BCUT2D eigenvalue weighted by Crippen LogP contribution is 2.27. The van der Waals surface area contributed by atoms with Gasteiger partial charge in [-0.3, -0.25) is 19.1 Å². The van der Waals surface area contributed by atoms with Crippen LogP contribution in [-0.2, 0) is 13.0 Å². The molecule has 0 aliphatic heterocycles. The SMILES string of the molecule is CCc1c(C(=O)c2cc(C)cc(C)c2)n(CC2=CC(C(O)O)CC2)c(=O)[nH]c1=O. The molecule has 1 heterocycles. The fourth-order valence-electron chi connectivity index (χ4n) is 3.98. The summed E-state index contributed by atoms with van der Waals surface area (Å²) in [6.45, 7) is 5.67. The lowest BCUT2D eigenvalue weighted by Crippen LogP contribution is -2.37. The zero-order chi connectivity index (χ0) is 21.3. The monoisotopic (exact) mass is 398 g/mol. The lowest BCUT2D eigenvalue weighted by Gasteiger charge is -2.16. The number of nitrogens with zero attached hydrogens (tertiary/aromatic N) is 1. The molecule has 0 saturated carbocycles. The van der Waals surface area contributed by atoms with Crippen LogP contribution in [0, 0.1) is 19.8 Å². The number of carbonyl (C=O) groups is 1. The number of carbonyl (C=O) groups excluding carboxylic acids is 1. The van der Waals surface area contributed by atoms with Crippen LogP contribution in [0.5, 0.6) is 0 Å². The minimum absolute atomic E-state index is 0.0974. The molecule has 1 aliphatic carbocycles. The van der Waals surface area contributed by atoms with Crippen molar-refractivity contribution in [2.24, 2.45) is 5.92 Å². The zero-order valence-electron chi connectivity index (χ0n) is 16.9. The molecule has 7 nitrogen and oxygen atoms in total. The number of nitrogens with one attached hydrogen (secondary N) is 1. The van der Waals surface area contributed by atoms with Gasteiger partial charge in [0.1, 0.15) is 5.69 Å². The van der Waals surface area contributed by atoms with E-state index in [-0.39, 0.29) is 23.6 Å². The number of allylic oxidation sites excluding steroid dienone is 1. The summed E-state index contributed by atoms with van der Waals surface area (Å²) in [6, 6.07) is 5.45. The van der Waals surface area contributed by atoms with E-state index in [4.69, 9.17) is 0 Å². The predicted octanol–water partition coefficient (Wildman–Crippen LogP) is 1.59. The van der Waals surface area contributed by atoms with Crippen LogP contribution < -0.4 is 11.2 Å². The molecule has 1 aromatic carbocycles. The molecule has 0 radical (unpaired) electrons.